The van der Waals surface area contributed by atoms with Crippen molar-refractivity contribution in [3.63, 3.8) is 0 Å². The van der Waals surface area contributed by atoms with Crippen LogP contribution in [0.2, 0.25) is 0 Å². The predicted octanol–water partition coefficient (Wildman–Crippen LogP) is 3.75. The van der Waals surface area contributed by atoms with Gasteiger partial charge in [-0.05, 0) is 37.0 Å². The van der Waals surface area contributed by atoms with Crippen LogP contribution in [0.3, 0.4) is 0 Å². The lowest BCUT2D eigenvalue weighted by Crippen LogP contribution is -2.44. The molecular formula is C20H30FNO3S. The SMILES string of the molecule is CCCCCS(=O)(=O)CC(=O)NCC1(c2ccc(F)cc2)CCCCC1. The molecule has 4 nitrogen and oxygen atoms in total. The molecule has 1 aliphatic rings. The molecule has 1 fully saturated rings. The third-order valence-electron chi connectivity index (χ3n) is 5.30. The monoisotopic (exact) mass is 383 g/mol. The van der Waals surface area contributed by atoms with Gasteiger partial charge in [-0.2, -0.15) is 0 Å². The lowest BCUT2D eigenvalue weighted by atomic mass is 9.69. The Balaban J connectivity index is 1.99. The van der Waals surface area contributed by atoms with Gasteiger partial charge in [0.2, 0.25) is 5.91 Å². The summed E-state index contributed by atoms with van der Waals surface area (Å²) in [6.07, 6.45) is 7.51. The third kappa shape index (κ3) is 6.08. The first kappa shape index (κ1) is 20.9. The van der Waals surface area contributed by atoms with Crippen LogP contribution in [0.5, 0.6) is 0 Å². The minimum Gasteiger partial charge on any atom is -0.354 e. The molecule has 0 aliphatic heterocycles. The number of nitrogens with one attached hydrogen (secondary N) is 1. The van der Waals surface area contributed by atoms with Crippen LogP contribution in [0.25, 0.3) is 0 Å². The van der Waals surface area contributed by atoms with Gasteiger partial charge in [0.25, 0.3) is 0 Å². The summed E-state index contributed by atoms with van der Waals surface area (Å²) in [7, 11) is -3.36. The van der Waals surface area contributed by atoms with Crippen LogP contribution in [-0.2, 0) is 20.0 Å². The summed E-state index contributed by atoms with van der Waals surface area (Å²) >= 11 is 0. The maximum absolute atomic E-state index is 13.3. The largest absolute Gasteiger partial charge is 0.354 e. The number of unbranched alkanes of at least 4 members (excludes halogenated alkanes) is 2. The normalized spacial score (nSPS) is 17.0. The Labute approximate surface area is 156 Å². The number of carbonyl (C=O) groups excluding carboxylic acids is 1. The summed E-state index contributed by atoms with van der Waals surface area (Å²) in [6.45, 7) is 2.42. The number of hydrogen-bond donors (Lipinski definition) is 1. The van der Waals surface area contributed by atoms with Gasteiger partial charge in [-0.1, -0.05) is 51.2 Å². The van der Waals surface area contributed by atoms with Gasteiger partial charge in [0.15, 0.2) is 9.84 Å². The van der Waals surface area contributed by atoms with Gasteiger partial charge in [-0.3, -0.25) is 4.79 Å². The fraction of sp³-hybridized carbons (Fsp3) is 0.650. The molecular weight excluding hydrogens is 353 g/mol. The van der Waals surface area contributed by atoms with Crippen LogP contribution in [0.15, 0.2) is 24.3 Å². The van der Waals surface area contributed by atoms with E-state index in [0.717, 1.165) is 50.5 Å². The Morgan fingerprint density at radius 3 is 2.38 bits per heavy atom. The maximum Gasteiger partial charge on any atom is 0.235 e. The number of carbonyl (C=O) groups is 1. The lowest BCUT2D eigenvalue weighted by Gasteiger charge is -2.38. The average Bonchev–Trinajstić information content (AvgIpc) is 2.61. The van der Waals surface area contributed by atoms with E-state index in [1.165, 1.54) is 12.1 Å². The molecule has 1 saturated carbocycles. The smallest absolute Gasteiger partial charge is 0.235 e. The lowest BCUT2D eigenvalue weighted by molar-refractivity contribution is -0.119. The molecule has 1 amide bonds. The van der Waals surface area contributed by atoms with Gasteiger partial charge in [0.05, 0.1) is 5.75 Å². The number of halogens is 1. The van der Waals surface area contributed by atoms with Crippen molar-refractivity contribution in [2.24, 2.45) is 0 Å². The van der Waals surface area contributed by atoms with Crippen LogP contribution < -0.4 is 5.32 Å². The summed E-state index contributed by atoms with van der Waals surface area (Å²) in [5, 5.41) is 2.84. The summed E-state index contributed by atoms with van der Waals surface area (Å²) in [6, 6.07) is 6.47. The Hall–Kier alpha value is -1.43. The molecule has 0 aromatic heterocycles. The summed E-state index contributed by atoms with van der Waals surface area (Å²) in [5.41, 5.74) is 0.790. The zero-order valence-electron chi connectivity index (χ0n) is 15.6. The molecule has 1 aromatic rings. The highest BCUT2D eigenvalue weighted by Crippen LogP contribution is 2.39. The molecule has 0 saturated heterocycles. The van der Waals surface area contributed by atoms with Gasteiger partial charge in [0, 0.05) is 12.0 Å². The van der Waals surface area contributed by atoms with E-state index in [9.17, 15) is 17.6 Å². The Morgan fingerprint density at radius 2 is 1.77 bits per heavy atom. The van der Waals surface area contributed by atoms with Crippen molar-refractivity contribution in [1.82, 2.24) is 5.32 Å². The second kappa shape index (κ2) is 9.49. The predicted molar refractivity (Wildman–Crippen MR) is 102 cm³/mol. The number of hydrogen-bond acceptors (Lipinski definition) is 3. The highest BCUT2D eigenvalue weighted by molar-refractivity contribution is 7.92. The van der Waals surface area contributed by atoms with E-state index in [2.05, 4.69) is 5.32 Å². The minimum atomic E-state index is -3.36. The van der Waals surface area contributed by atoms with Crippen molar-refractivity contribution in [2.75, 3.05) is 18.1 Å². The van der Waals surface area contributed by atoms with E-state index in [-0.39, 0.29) is 17.0 Å². The molecule has 26 heavy (non-hydrogen) atoms. The van der Waals surface area contributed by atoms with Gasteiger partial charge in [-0.25, -0.2) is 12.8 Å². The average molecular weight is 384 g/mol. The minimum absolute atomic E-state index is 0.0668. The van der Waals surface area contributed by atoms with Gasteiger partial charge < -0.3 is 5.32 Å². The van der Waals surface area contributed by atoms with Crippen LogP contribution in [0, 0.1) is 5.82 Å². The first-order chi connectivity index (χ1) is 12.4. The van der Waals surface area contributed by atoms with E-state index in [0.29, 0.717) is 13.0 Å². The Kier molecular flexibility index (Phi) is 7.62. The van der Waals surface area contributed by atoms with Crippen molar-refractivity contribution in [1.29, 1.82) is 0 Å². The van der Waals surface area contributed by atoms with Crippen LogP contribution in [0.4, 0.5) is 4.39 Å². The molecule has 0 unspecified atom stereocenters. The summed E-state index contributed by atoms with van der Waals surface area (Å²) in [4.78, 5) is 12.2. The fourth-order valence-corrected chi connectivity index (χ4v) is 5.05. The third-order valence-corrected chi connectivity index (χ3v) is 6.91. The van der Waals surface area contributed by atoms with Crippen molar-refractivity contribution in [2.45, 2.75) is 63.7 Å². The zero-order chi connectivity index (χ0) is 19.0. The molecule has 6 heteroatoms. The molecule has 2 rings (SSSR count). The zero-order valence-corrected chi connectivity index (χ0v) is 16.4. The molecule has 0 spiro atoms. The van der Waals surface area contributed by atoms with Crippen LogP contribution in [0.1, 0.15) is 63.9 Å². The molecule has 0 bridgehead atoms. The molecule has 1 aromatic carbocycles. The number of sulfone groups is 1. The number of rotatable bonds is 9. The Bertz CT molecular complexity index is 680. The molecule has 0 atom stereocenters. The van der Waals surface area contributed by atoms with Crippen LogP contribution >= 0.6 is 0 Å². The van der Waals surface area contributed by atoms with E-state index in [1.807, 2.05) is 6.92 Å². The number of amides is 1. The number of benzene rings is 1. The molecule has 0 radical (unpaired) electrons. The summed E-state index contributed by atoms with van der Waals surface area (Å²) < 4.78 is 37.4. The summed E-state index contributed by atoms with van der Waals surface area (Å²) in [5.74, 6) is -1.09. The van der Waals surface area contributed by atoms with Crippen molar-refractivity contribution < 1.29 is 17.6 Å². The maximum atomic E-state index is 13.3. The standard InChI is InChI=1S/C20H30FNO3S/c1-2-3-7-14-26(24,25)15-19(23)22-16-20(12-5-4-6-13-20)17-8-10-18(21)11-9-17/h8-11H,2-7,12-16H2,1H3,(H,22,23). The molecule has 1 N–H and O–H groups in total. The van der Waals surface area contributed by atoms with Crippen molar-refractivity contribution >= 4 is 15.7 Å². The highest BCUT2D eigenvalue weighted by Gasteiger charge is 2.34. The van der Waals surface area contributed by atoms with Gasteiger partial charge in [-0.15, -0.1) is 0 Å². The topological polar surface area (TPSA) is 63.2 Å². The second-order valence-electron chi connectivity index (χ2n) is 7.42. The first-order valence-electron chi connectivity index (χ1n) is 9.60. The van der Waals surface area contributed by atoms with E-state index in [4.69, 9.17) is 0 Å². The van der Waals surface area contributed by atoms with Crippen LogP contribution in [-0.4, -0.2) is 32.4 Å². The first-order valence-corrected chi connectivity index (χ1v) is 11.4. The second-order valence-corrected chi connectivity index (χ2v) is 9.61. The Morgan fingerprint density at radius 1 is 1.12 bits per heavy atom. The van der Waals surface area contributed by atoms with Gasteiger partial charge in [0.1, 0.15) is 11.6 Å². The van der Waals surface area contributed by atoms with Gasteiger partial charge >= 0.3 is 0 Å². The van der Waals surface area contributed by atoms with E-state index in [1.54, 1.807) is 12.1 Å². The van der Waals surface area contributed by atoms with E-state index < -0.39 is 21.5 Å². The highest BCUT2D eigenvalue weighted by atomic mass is 32.2. The molecule has 0 heterocycles. The van der Waals surface area contributed by atoms with Crippen molar-refractivity contribution in [3.8, 4) is 0 Å². The van der Waals surface area contributed by atoms with E-state index >= 15 is 0 Å². The van der Waals surface area contributed by atoms with Crippen molar-refractivity contribution in [3.05, 3.63) is 35.6 Å². The molecule has 146 valence electrons. The molecule has 1 aliphatic carbocycles. The fourth-order valence-electron chi connectivity index (χ4n) is 3.76. The quantitative estimate of drug-likeness (QED) is 0.661.